The lowest BCUT2D eigenvalue weighted by molar-refractivity contribution is -0.123. The summed E-state index contributed by atoms with van der Waals surface area (Å²) in [6.07, 6.45) is 4.99. The number of carbonyl (C=O) groups is 2. The minimum Gasteiger partial charge on any atom is -0.299 e. The normalized spacial score (nSPS) is 15.4. The van der Waals surface area contributed by atoms with Gasteiger partial charge in [0.1, 0.15) is 5.57 Å². The van der Waals surface area contributed by atoms with Crippen molar-refractivity contribution >= 4 is 35.2 Å². The third-order valence-electron chi connectivity index (χ3n) is 2.67. The van der Waals surface area contributed by atoms with E-state index in [0.717, 1.165) is 11.1 Å². The molecule has 0 saturated carbocycles. The van der Waals surface area contributed by atoms with Gasteiger partial charge in [0, 0.05) is 0 Å². The van der Waals surface area contributed by atoms with Crippen LogP contribution in [-0.4, -0.2) is 16.9 Å². The number of nitrogens with one attached hydrogen (secondary N) is 2. The van der Waals surface area contributed by atoms with Crippen LogP contribution in [0.4, 0.5) is 0 Å². The van der Waals surface area contributed by atoms with Gasteiger partial charge in [-0.15, -0.1) is 0 Å². The molecule has 2 N–H and O–H groups in total. The van der Waals surface area contributed by atoms with Crippen molar-refractivity contribution in [1.29, 1.82) is 0 Å². The third kappa shape index (κ3) is 3.14. The molecule has 1 fully saturated rings. The van der Waals surface area contributed by atoms with Crippen molar-refractivity contribution in [1.82, 2.24) is 10.6 Å². The largest absolute Gasteiger partial charge is 0.299 e. The van der Waals surface area contributed by atoms with Crippen molar-refractivity contribution in [2.24, 2.45) is 0 Å². The number of aryl methyl sites for hydroxylation is 1. The van der Waals surface area contributed by atoms with Crippen LogP contribution >= 0.6 is 12.2 Å². The predicted molar refractivity (Wildman–Crippen MR) is 77.2 cm³/mol. The molecule has 1 aromatic rings. The topological polar surface area (TPSA) is 58.2 Å². The first-order chi connectivity index (χ1) is 9.08. The van der Waals surface area contributed by atoms with Crippen LogP contribution in [0, 0.1) is 6.92 Å². The van der Waals surface area contributed by atoms with Crippen LogP contribution in [-0.2, 0) is 9.59 Å². The maximum atomic E-state index is 11.6. The van der Waals surface area contributed by atoms with Crippen molar-refractivity contribution in [2.75, 3.05) is 0 Å². The van der Waals surface area contributed by atoms with Gasteiger partial charge in [-0.3, -0.25) is 20.2 Å². The Morgan fingerprint density at radius 3 is 2.37 bits per heavy atom. The van der Waals surface area contributed by atoms with Gasteiger partial charge in [0.2, 0.25) is 0 Å². The molecule has 2 amide bonds. The molecule has 5 heteroatoms. The minimum atomic E-state index is -0.483. The van der Waals surface area contributed by atoms with Crippen LogP contribution in [0.1, 0.15) is 11.1 Å². The van der Waals surface area contributed by atoms with Crippen molar-refractivity contribution in [2.45, 2.75) is 6.92 Å². The summed E-state index contributed by atoms with van der Waals surface area (Å²) in [6, 6.07) is 7.83. The summed E-state index contributed by atoms with van der Waals surface area (Å²) in [7, 11) is 0. The van der Waals surface area contributed by atoms with E-state index in [2.05, 4.69) is 10.6 Å². The first-order valence-corrected chi connectivity index (χ1v) is 6.09. The van der Waals surface area contributed by atoms with Gasteiger partial charge in [-0.2, -0.15) is 0 Å². The number of rotatable bonds is 2. The second-order valence-corrected chi connectivity index (χ2v) is 4.44. The molecule has 0 radical (unpaired) electrons. The second-order valence-electron chi connectivity index (χ2n) is 4.03. The number of hydrogen-bond acceptors (Lipinski definition) is 3. The third-order valence-corrected chi connectivity index (χ3v) is 2.87. The van der Waals surface area contributed by atoms with Gasteiger partial charge in [-0.1, -0.05) is 36.4 Å². The highest BCUT2D eigenvalue weighted by Crippen LogP contribution is 2.09. The summed E-state index contributed by atoms with van der Waals surface area (Å²) in [5.74, 6) is -0.966. The van der Waals surface area contributed by atoms with Gasteiger partial charge in [-0.25, -0.2) is 0 Å². The molecule has 4 nitrogen and oxygen atoms in total. The van der Waals surface area contributed by atoms with E-state index >= 15 is 0 Å². The number of thiocarbonyl (C=S) groups is 1. The zero-order valence-corrected chi connectivity index (χ0v) is 11.1. The average Bonchev–Trinajstić information content (AvgIpc) is 2.34. The van der Waals surface area contributed by atoms with Crippen molar-refractivity contribution in [3.05, 3.63) is 53.1 Å². The maximum absolute atomic E-state index is 11.6. The van der Waals surface area contributed by atoms with Crippen molar-refractivity contribution in [3.8, 4) is 0 Å². The highest BCUT2D eigenvalue weighted by atomic mass is 32.1. The molecule has 2 rings (SSSR count). The molecule has 0 bridgehead atoms. The summed E-state index contributed by atoms with van der Waals surface area (Å²) in [5, 5.41) is 4.79. The minimum absolute atomic E-state index is 0.0371. The Labute approximate surface area is 116 Å². The van der Waals surface area contributed by atoms with Crippen LogP contribution in [0.15, 0.2) is 42.0 Å². The fourth-order valence-corrected chi connectivity index (χ4v) is 1.83. The Bertz CT molecular complexity index is 596. The first-order valence-electron chi connectivity index (χ1n) is 5.68. The van der Waals surface area contributed by atoms with Gasteiger partial charge in [-0.05, 0) is 36.3 Å². The van der Waals surface area contributed by atoms with Crippen molar-refractivity contribution in [3.63, 3.8) is 0 Å². The fourth-order valence-electron chi connectivity index (χ4n) is 1.65. The average molecular weight is 272 g/mol. The standard InChI is InChI=1S/C14H12N2O2S/c1-9-5-2-3-6-10(9)7-4-8-11-12(17)15-14(19)16-13(11)18/h2-8H,1H3,(H2,15,16,17,18,19)/b7-4+. The predicted octanol–water partition coefficient (Wildman–Crippen LogP) is 1.47. The van der Waals surface area contributed by atoms with E-state index < -0.39 is 11.8 Å². The smallest absolute Gasteiger partial charge is 0.263 e. The summed E-state index contributed by atoms with van der Waals surface area (Å²) >= 11 is 4.71. The van der Waals surface area contributed by atoms with E-state index in [9.17, 15) is 9.59 Å². The van der Waals surface area contributed by atoms with E-state index in [0.29, 0.717) is 0 Å². The van der Waals surface area contributed by atoms with Crippen LogP contribution < -0.4 is 10.6 Å². The van der Waals surface area contributed by atoms with E-state index in [4.69, 9.17) is 12.2 Å². The molecule has 0 aliphatic carbocycles. The molecule has 0 atom stereocenters. The highest BCUT2D eigenvalue weighted by Gasteiger charge is 2.24. The van der Waals surface area contributed by atoms with E-state index in [1.807, 2.05) is 37.3 Å². The van der Waals surface area contributed by atoms with E-state index in [1.165, 1.54) is 6.08 Å². The van der Waals surface area contributed by atoms with Crippen LogP contribution in [0.5, 0.6) is 0 Å². The first kappa shape index (κ1) is 13.2. The van der Waals surface area contributed by atoms with E-state index in [1.54, 1.807) is 6.08 Å². The summed E-state index contributed by atoms with van der Waals surface area (Å²) in [5.41, 5.74) is 2.20. The highest BCUT2D eigenvalue weighted by molar-refractivity contribution is 7.80. The molecule has 19 heavy (non-hydrogen) atoms. The fraction of sp³-hybridized carbons (Fsp3) is 0.0714. The monoisotopic (exact) mass is 272 g/mol. The molecule has 1 aliphatic rings. The molecule has 1 saturated heterocycles. The van der Waals surface area contributed by atoms with Gasteiger partial charge < -0.3 is 0 Å². The Morgan fingerprint density at radius 2 is 1.74 bits per heavy atom. The Hall–Kier alpha value is -2.27. The second kappa shape index (κ2) is 5.58. The molecule has 0 spiro atoms. The van der Waals surface area contributed by atoms with Crippen LogP contribution in [0.25, 0.3) is 6.08 Å². The van der Waals surface area contributed by atoms with Gasteiger partial charge in [0.25, 0.3) is 11.8 Å². The number of allylic oxidation sites excluding steroid dienone is 2. The molecule has 0 unspecified atom stereocenters. The lowest BCUT2D eigenvalue weighted by Crippen LogP contribution is -2.51. The zero-order valence-electron chi connectivity index (χ0n) is 10.3. The number of carbonyl (C=O) groups excluding carboxylic acids is 2. The number of benzene rings is 1. The summed E-state index contributed by atoms with van der Waals surface area (Å²) < 4.78 is 0. The Morgan fingerprint density at radius 1 is 1.11 bits per heavy atom. The molecule has 1 heterocycles. The Kier molecular flexibility index (Phi) is 3.87. The molecule has 96 valence electrons. The SMILES string of the molecule is Cc1ccccc1/C=C/C=C1C(=O)NC(=S)NC1=O. The van der Waals surface area contributed by atoms with Crippen molar-refractivity contribution < 1.29 is 9.59 Å². The lowest BCUT2D eigenvalue weighted by atomic mass is 10.1. The Balaban J connectivity index is 2.18. The molecule has 1 aliphatic heterocycles. The number of hydrogen-bond donors (Lipinski definition) is 2. The van der Waals surface area contributed by atoms with Gasteiger partial charge >= 0.3 is 0 Å². The van der Waals surface area contributed by atoms with Gasteiger partial charge in [0.15, 0.2) is 5.11 Å². The zero-order chi connectivity index (χ0) is 13.8. The van der Waals surface area contributed by atoms with E-state index in [-0.39, 0.29) is 10.7 Å². The molecule has 1 aromatic carbocycles. The molecular formula is C14H12N2O2S. The van der Waals surface area contributed by atoms with Gasteiger partial charge in [0.05, 0.1) is 0 Å². The summed E-state index contributed by atoms with van der Waals surface area (Å²) in [6.45, 7) is 1.99. The molecular weight excluding hydrogens is 260 g/mol. The van der Waals surface area contributed by atoms with Crippen LogP contribution in [0.3, 0.4) is 0 Å². The molecule has 0 aromatic heterocycles. The van der Waals surface area contributed by atoms with Crippen LogP contribution in [0.2, 0.25) is 0 Å². The number of amides is 2. The summed E-state index contributed by atoms with van der Waals surface area (Å²) in [4.78, 5) is 23.1. The maximum Gasteiger partial charge on any atom is 0.263 e. The quantitative estimate of drug-likeness (QED) is 0.487. The lowest BCUT2D eigenvalue weighted by Gasteiger charge is -2.15.